The Labute approximate surface area is 105 Å². The van der Waals surface area contributed by atoms with Crippen LogP contribution in [0.15, 0.2) is 0 Å². The summed E-state index contributed by atoms with van der Waals surface area (Å²) >= 11 is 0. The molecule has 1 atom stereocenters. The molecular weight excluding hydrogens is 345 g/mol. The highest BCUT2D eigenvalue weighted by atomic mass is 19.4. The van der Waals surface area contributed by atoms with Gasteiger partial charge in [0.25, 0.3) is 0 Å². The topological polar surface area (TPSA) is 55.8 Å². The van der Waals surface area contributed by atoms with Crippen molar-refractivity contribution in [2.75, 3.05) is 0 Å². The average Bonchev–Trinajstić information content (AvgIpc) is 2.23. The highest BCUT2D eigenvalue weighted by molar-refractivity contribution is 5.78. The quantitative estimate of drug-likeness (QED) is 0.483. The maximum atomic E-state index is 12.9. The molecule has 0 aromatic heterocycles. The lowest BCUT2D eigenvalue weighted by atomic mass is 10.2. The van der Waals surface area contributed by atoms with Crippen LogP contribution in [-0.4, -0.2) is 41.5 Å². The van der Waals surface area contributed by atoms with Crippen LogP contribution in [0.1, 0.15) is 0 Å². The van der Waals surface area contributed by atoms with E-state index in [-0.39, 0.29) is 0 Å². The molecule has 0 aliphatic rings. The first-order valence-corrected chi connectivity index (χ1v) is 4.08. The molecule has 0 amide bonds. The van der Waals surface area contributed by atoms with Gasteiger partial charge in [-0.15, -0.1) is 0 Å². The first-order valence-electron chi connectivity index (χ1n) is 4.08. The molecule has 0 saturated heterocycles. The van der Waals surface area contributed by atoms with Crippen molar-refractivity contribution in [1.82, 2.24) is 0 Å². The van der Waals surface area contributed by atoms with Crippen molar-refractivity contribution in [3.05, 3.63) is 0 Å². The summed E-state index contributed by atoms with van der Waals surface area (Å²) < 4.78 is 135. The summed E-state index contributed by atoms with van der Waals surface area (Å²) in [5.74, 6) is -17.5. The molecule has 0 bridgehead atoms. The van der Waals surface area contributed by atoms with E-state index < -0.39 is 36.2 Å². The first-order chi connectivity index (χ1) is 8.94. The lowest BCUT2D eigenvalue weighted by molar-refractivity contribution is -0.477. The number of ether oxygens (including phenoxy) is 1. The van der Waals surface area contributed by atoms with Crippen molar-refractivity contribution < 1.29 is 68.0 Å². The Morgan fingerprint density at radius 3 is 1.38 bits per heavy atom. The second kappa shape index (κ2) is 5.11. The van der Waals surface area contributed by atoms with Crippen molar-refractivity contribution in [1.29, 1.82) is 0 Å². The zero-order valence-corrected chi connectivity index (χ0v) is 8.83. The van der Waals surface area contributed by atoms with E-state index in [2.05, 4.69) is 4.89 Å². The molecule has 1 N–H and O–H groups in total. The molecule has 0 heterocycles. The summed E-state index contributed by atoms with van der Waals surface area (Å²) in [5.41, 5.74) is 0. The van der Waals surface area contributed by atoms with Gasteiger partial charge in [-0.2, -0.15) is 53.6 Å². The molecular formula is C6HF11O4. The molecule has 0 radical (unpaired) electrons. The largest absolute Gasteiger partial charge is 0.462 e. The summed E-state index contributed by atoms with van der Waals surface area (Å²) in [7, 11) is 0. The predicted molar refractivity (Wildman–Crippen MR) is 35.6 cm³/mol. The van der Waals surface area contributed by atoms with E-state index in [0.29, 0.717) is 0 Å². The van der Waals surface area contributed by atoms with E-state index >= 15 is 0 Å². The Hall–Kier alpha value is -1.38. The van der Waals surface area contributed by atoms with Crippen LogP contribution in [-0.2, 0) is 14.4 Å². The third-order valence-corrected chi connectivity index (χ3v) is 1.70. The third-order valence-electron chi connectivity index (χ3n) is 1.70. The molecule has 0 aliphatic heterocycles. The monoisotopic (exact) mass is 346 g/mol. The molecule has 0 aliphatic carbocycles. The van der Waals surface area contributed by atoms with Gasteiger partial charge in [0.1, 0.15) is 0 Å². The second-order valence-electron chi connectivity index (χ2n) is 3.16. The van der Waals surface area contributed by atoms with Crippen molar-refractivity contribution in [3.8, 4) is 0 Å². The maximum absolute atomic E-state index is 12.9. The molecule has 4 nitrogen and oxygen atoms in total. The maximum Gasteiger partial charge on any atom is 0.462 e. The molecule has 0 saturated carbocycles. The van der Waals surface area contributed by atoms with Crippen molar-refractivity contribution in [3.63, 3.8) is 0 Å². The van der Waals surface area contributed by atoms with Gasteiger partial charge < -0.3 is 0 Å². The molecule has 21 heavy (non-hydrogen) atoms. The van der Waals surface area contributed by atoms with Crippen molar-refractivity contribution in [2.24, 2.45) is 0 Å². The fraction of sp³-hybridized carbons (Fsp3) is 0.833. The van der Waals surface area contributed by atoms with Gasteiger partial charge in [-0.1, -0.05) is 0 Å². The molecule has 15 heteroatoms. The zero-order valence-electron chi connectivity index (χ0n) is 8.83. The summed E-state index contributed by atoms with van der Waals surface area (Å²) in [6.45, 7) is 0. The van der Waals surface area contributed by atoms with E-state index in [1.54, 1.807) is 4.74 Å². The molecule has 0 rings (SSSR count). The standard InChI is InChI=1S/C6HF11O4/c7-2(1(18)20-19,4(10,11)12)21-6(16,17)3(8,9)5(13,14)15/h19H. The highest BCUT2D eigenvalue weighted by Gasteiger charge is 2.80. The van der Waals surface area contributed by atoms with Crippen LogP contribution >= 0.6 is 0 Å². The lowest BCUT2D eigenvalue weighted by Crippen LogP contribution is -2.61. The first kappa shape index (κ1) is 19.6. The Bertz CT molecular complexity index is 398. The van der Waals surface area contributed by atoms with Crippen LogP contribution in [0.5, 0.6) is 0 Å². The number of hydrogen-bond acceptors (Lipinski definition) is 4. The normalized spacial score (nSPS) is 17.3. The minimum absolute atomic E-state index is 1.70. The van der Waals surface area contributed by atoms with Crippen LogP contribution in [0.2, 0.25) is 0 Å². The summed E-state index contributed by atoms with van der Waals surface area (Å²) in [4.78, 5) is 12.3. The smallest absolute Gasteiger partial charge is 0.294 e. The van der Waals surface area contributed by atoms with Gasteiger partial charge in [-0.05, 0) is 0 Å². The van der Waals surface area contributed by atoms with Gasteiger partial charge in [0.15, 0.2) is 0 Å². The Morgan fingerprint density at radius 2 is 1.14 bits per heavy atom. The molecule has 0 spiro atoms. The van der Waals surface area contributed by atoms with Crippen molar-refractivity contribution in [2.45, 2.75) is 30.2 Å². The Balaban J connectivity index is 5.82. The number of rotatable bonds is 4. The van der Waals surface area contributed by atoms with Crippen molar-refractivity contribution >= 4 is 5.97 Å². The molecule has 0 aromatic rings. The van der Waals surface area contributed by atoms with Gasteiger partial charge in [0.05, 0.1) is 0 Å². The van der Waals surface area contributed by atoms with E-state index in [1.807, 2.05) is 0 Å². The van der Waals surface area contributed by atoms with Crippen LogP contribution in [0.25, 0.3) is 0 Å². The van der Waals surface area contributed by atoms with Gasteiger partial charge in [-0.25, -0.2) is 4.79 Å². The summed E-state index contributed by atoms with van der Waals surface area (Å²) in [5, 5.41) is 7.47. The lowest BCUT2D eigenvalue weighted by Gasteiger charge is -2.32. The third kappa shape index (κ3) is 3.28. The van der Waals surface area contributed by atoms with Gasteiger partial charge in [0.2, 0.25) is 0 Å². The highest BCUT2D eigenvalue weighted by Crippen LogP contribution is 2.51. The van der Waals surface area contributed by atoms with E-state index in [0.717, 1.165) is 0 Å². The fourth-order valence-electron chi connectivity index (χ4n) is 0.680. The van der Waals surface area contributed by atoms with Crippen LogP contribution in [0, 0.1) is 0 Å². The zero-order chi connectivity index (χ0) is 17.5. The SMILES string of the molecule is O=C(OO)C(F)(OC(F)(F)C(F)(F)C(F)(F)F)C(F)(F)F. The molecule has 0 aromatic carbocycles. The van der Waals surface area contributed by atoms with E-state index in [1.165, 1.54) is 0 Å². The van der Waals surface area contributed by atoms with Gasteiger partial charge in [-0.3, -0.25) is 9.62 Å². The van der Waals surface area contributed by atoms with Crippen LogP contribution < -0.4 is 0 Å². The minimum Gasteiger partial charge on any atom is -0.294 e. The van der Waals surface area contributed by atoms with E-state index in [9.17, 15) is 53.1 Å². The van der Waals surface area contributed by atoms with Gasteiger partial charge in [0, 0.05) is 0 Å². The number of carbonyl (C=O) groups is 1. The Morgan fingerprint density at radius 1 is 0.762 bits per heavy atom. The number of alkyl halides is 11. The van der Waals surface area contributed by atoms with Gasteiger partial charge >= 0.3 is 36.2 Å². The summed E-state index contributed by atoms with van der Waals surface area (Å²) in [6.07, 6.45) is -21.2. The average molecular weight is 346 g/mol. The summed E-state index contributed by atoms with van der Waals surface area (Å²) in [6, 6.07) is 0. The number of halogens is 11. The predicted octanol–water partition coefficient (Wildman–Crippen LogP) is 3.04. The number of carbonyl (C=O) groups excluding carboxylic acids is 1. The van der Waals surface area contributed by atoms with E-state index in [4.69, 9.17) is 5.26 Å². The molecule has 1 unspecified atom stereocenters. The fourth-order valence-corrected chi connectivity index (χ4v) is 0.680. The van der Waals surface area contributed by atoms with Crippen LogP contribution in [0.3, 0.4) is 0 Å². The second-order valence-corrected chi connectivity index (χ2v) is 3.16. The molecule has 0 fully saturated rings. The molecule has 126 valence electrons. The Kier molecular flexibility index (Phi) is 4.78. The number of hydrogen-bond donors (Lipinski definition) is 1. The van der Waals surface area contributed by atoms with Crippen LogP contribution in [0.4, 0.5) is 48.3 Å². The minimum atomic E-state index is -7.29.